The number of imidazole rings is 1. The number of thioether (sulfide) groups is 1. The maximum absolute atomic E-state index is 12.1. The zero-order chi connectivity index (χ0) is 16.2. The number of carbonyl (C=O) groups is 1. The number of halogens is 1. The maximum Gasteiger partial charge on any atom is 0.230 e. The summed E-state index contributed by atoms with van der Waals surface area (Å²) < 4.78 is 0. The fraction of sp³-hybridized carbons (Fsp3) is 0.176. The maximum atomic E-state index is 12.1. The highest BCUT2D eigenvalue weighted by atomic mass is 35.5. The van der Waals surface area contributed by atoms with Crippen LogP contribution in [0.5, 0.6) is 0 Å². The number of hydrogen-bond donors (Lipinski definition) is 2. The van der Waals surface area contributed by atoms with Crippen molar-refractivity contribution in [1.82, 2.24) is 15.3 Å². The third kappa shape index (κ3) is 3.86. The second-order valence-corrected chi connectivity index (χ2v) is 6.53. The fourth-order valence-electron chi connectivity index (χ4n) is 2.32. The molecule has 0 radical (unpaired) electrons. The van der Waals surface area contributed by atoms with Gasteiger partial charge in [0.25, 0.3) is 0 Å². The van der Waals surface area contributed by atoms with E-state index in [1.165, 1.54) is 11.8 Å². The van der Waals surface area contributed by atoms with Crippen LogP contribution in [0.4, 0.5) is 0 Å². The highest BCUT2D eigenvalue weighted by molar-refractivity contribution is 7.99. The lowest BCUT2D eigenvalue weighted by atomic mass is 10.1. The number of nitrogens with zero attached hydrogens (tertiary/aromatic N) is 1. The van der Waals surface area contributed by atoms with Crippen LogP contribution in [0.1, 0.15) is 18.5 Å². The first-order chi connectivity index (χ1) is 11.1. The van der Waals surface area contributed by atoms with Crippen molar-refractivity contribution in [2.75, 3.05) is 5.75 Å². The van der Waals surface area contributed by atoms with Gasteiger partial charge < -0.3 is 10.3 Å². The highest BCUT2D eigenvalue weighted by Gasteiger charge is 2.13. The van der Waals surface area contributed by atoms with Crippen LogP contribution in [0.3, 0.4) is 0 Å². The predicted octanol–water partition coefficient (Wildman–Crippen LogP) is 4.19. The van der Waals surface area contributed by atoms with Crippen LogP contribution in [0.15, 0.2) is 53.7 Å². The number of hydrogen-bond acceptors (Lipinski definition) is 3. The molecule has 0 unspecified atom stereocenters. The van der Waals surface area contributed by atoms with Gasteiger partial charge in [-0.25, -0.2) is 4.98 Å². The Kier molecular flexibility index (Phi) is 4.88. The zero-order valence-corrected chi connectivity index (χ0v) is 14.1. The molecule has 0 spiro atoms. The quantitative estimate of drug-likeness (QED) is 0.682. The molecule has 1 atom stereocenters. The number of fused-ring (bicyclic) bond motifs is 1. The van der Waals surface area contributed by atoms with E-state index in [-0.39, 0.29) is 11.9 Å². The molecular formula is C17H16ClN3OS. The first-order valence-electron chi connectivity index (χ1n) is 7.25. The largest absolute Gasteiger partial charge is 0.349 e. The first kappa shape index (κ1) is 15.9. The van der Waals surface area contributed by atoms with Crippen molar-refractivity contribution in [1.29, 1.82) is 0 Å². The molecular weight excluding hydrogens is 330 g/mol. The van der Waals surface area contributed by atoms with Crippen LogP contribution in [0, 0.1) is 0 Å². The molecule has 0 aliphatic rings. The van der Waals surface area contributed by atoms with Gasteiger partial charge in [-0.05, 0) is 30.7 Å². The van der Waals surface area contributed by atoms with Gasteiger partial charge in [0.05, 0.1) is 22.8 Å². The van der Waals surface area contributed by atoms with Gasteiger partial charge in [-0.1, -0.05) is 53.7 Å². The van der Waals surface area contributed by atoms with Crippen LogP contribution < -0.4 is 5.32 Å². The minimum absolute atomic E-state index is 0.0529. The molecule has 1 heterocycles. The Bertz CT molecular complexity index is 800. The van der Waals surface area contributed by atoms with E-state index in [2.05, 4.69) is 15.3 Å². The Labute approximate surface area is 143 Å². The summed E-state index contributed by atoms with van der Waals surface area (Å²) in [6.45, 7) is 1.92. The number of rotatable bonds is 5. The van der Waals surface area contributed by atoms with Gasteiger partial charge in [0.1, 0.15) is 0 Å². The average Bonchev–Trinajstić information content (AvgIpc) is 2.96. The van der Waals surface area contributed by atoms with E-state index in [0.717, 1.165) is 21.8 Å². The van der Waals surface area contributed by atoms with Gasteiger partial charge in [-0.3, -0.25) is 4.79 Å². The van der Waals surface area contributed by atoms with E-state index >= 15 is 0 Å². The predicted molar refractivity (Wildman–Crippen MR) is 94.8 cm³/mol. The van der Waals surface area contributed by atoms with Gasteiger partial charge in [0, 0.05) is 5.02 Å². The number of aromatic amines is 1. The molecule has 3 aromatic rings. The van der Waals surface area contributed by atoms with E-state index in [4.69, 9.17) is 11.6 Å². The fourth-order valence-corrected chi connectivity index (χ4v) is 3.31. The average molecular weight is 346 g/mol. The molecule has 0 bridgehead atoms. The van der Waals surface area contributed by atoms with Crippen LogP contribution in [0.25, 0.3) is 11.0 Å². The minimum atomic E-state index is -0.132. The van der Waals surface area contributed by atoms with Crippen LogP contribution >= 0.6 is 23.4 Å². The highest BCUT2D eigenvalue weighted by Crippen LogP contribution is 2.23. The Balaban J connectivity index is 1.58. The molecule has 118 valence electrons. The summed E-state index contributed by atoms with van der Waals surface area (Å²) in [5.41, 5.74) is 2.79. The lowest BCUT2D eigenvalue weighted by molar-refractivity contribution is -0.119. The standard InChI is InChI=1S/C17H16ClN3OS/c1-11(12-6-2-3-7-13(12)18)19-16(22)10-23-17-20-14-8-4-5-9-15(14)21-17/h2-9,11H,10H2,1H3,(H,19,22)(H,20,21)/t11-/m1/s1. The van der Waals surface area contributed by atoms with E-state index in [0.29, 0.717) is 10.8 Å². The van der Waals surface area contributed by atoms with E-state index in [9.17, 15) is 4.79 Å². The molecule has 0 aliphatic carbocycles. The molecule has 1 aromatic heterocycles. The van der Waals surface area contributed by atoms with Crippen molar-refractivity contribution >= 4 is 40.3 Å². The SMILES string of the molecule is C[C@@H](NC(=O)CSc1nc2ccccc2[nH]1)c1ccccc1Cl. The summed E-state index contributed by atoms with van der Waals surface area (Å²) in [6.07, 6.45) is 0. The Morgan fingerprint density at radius 1 is 1.26 bits per heavy atom. The third-order valence-corrected chi connectivity index (χ3v) is 4.67. The smallest absolute Gasteiger partial charge is 0.230 e. The van der Waals surface area contributed by atoms with E-state index < -0.39 is 0 Å². The Hall–Kier alpha value is -1.98. The topological polar surface area (TPSA) is 57.8 Å². The van der Waals surface area contributed by atoms with Crippen molar-refractivity contribution in [3.8, 4) is 0 Å². The number of H-pyrrole nitrogens is 1. The molecule has 0 saturated heterocycles. The lowest BCUT2D eigenvalue weighted by Crippen LogP contribution is -2.28. The summed E-state index contributed by atoms with van der Waals surface area (Å²) >= 11 is 7.53. The monoisotopic (exact) mass is 345 g/mol. The third-order valence-electron chi connectivity index (χ3n) is 3.46. The number of para-hydroxylation sites is 2. The normalized spacial score (nSPS) is 12.3. The van der Waals surface area contributed by atoms with Gasteiger partial charge in [0.2, 0.25) is 5.91 Å². The Morgan fingerprint density at radius 3 is 2.78 bits per heavy atom. The molecule has 3 rings (SSSR count). The molecule has 0 saturated carbocycles. The van der Waals surface area contributed by atoms with Crippen LogP contribution in [-0.2, 0) is 4.79 Å². The van der Waals surface area contributed by atoms with Gasteiger partial charge in [-0.2, -0.15) is 0 Å². The first-order valence-corrected chi connectivity index (χ1v) is 8.61. The molecule has 0 fully saturated rings. The number of nitrogens with one attached hydrogen (secondary N) is 2. The molecule has 23 heavy (non-hydrogen) atoms. The van der Waals surface area contributed by atoms with Crippen molar-refractivity contribution in [3.05, 3.63) is 59.1 Å². The zero-order valence-electron chi connectivity index (χ0n) is 12.5. The molecule has 6 heteroatoms. The van der Waals surface area contributed by atoms with Crippen molar-refractivity contribution in [2.24, 2.45) is 0 Å². The number of carbonyl (C=O) groups excluding carboxylic acids is 1. The molecule has 4 nitrogen and oxygen atoms in total. The van der Waals surface area contributed by atoms with Gasteiger partial charge >= 0.3 is 0 Å². The summed E-state index contributed by atoms with van der Waals surface area (Å²) in [4.78, 5) is 19.7. The van der Waals surface area contributed by atoms with Crippen LogP contribution in [-0.4, -0.2) is 21.6 Å². The summed E-state index contributed by atoms with van der Waals surface area (Å²) in [5, 5.41) is 4.36. The van der Waals surface area contributed by atoms with Crippen molar-refractivity contribution in [3.63, 3.8) is 0 Å². The number of benzene rings is 2. The summed E-state index contributed by atoms with van der Waals surface area (Å²) in [7, 11) is 0. The molecule has 2 aromatic carbocycles. The second-order valence-electron chi connectivity index (χ2n) is 5.16. The minimum Gasteiger partial charge on any atom is -0.349 e. The summed E-state index contributed by atoms with van der Waals surface area (Å²) in [5.74, 6) is 0.247. The number of aromatic nitrogens is 2. The summed E-state index contributed by atoms with van der Waals surface area (Å²) in [6, 6.07) is 15.2. The Morgan fingerprint density at radius 2 is 2.00 bits per heavy atom. The molecule has 1 amide bonds. The molecule has 0 aliphatic heterocycles. The molecule has 2 N–H and O–H groups in total. The lowest BCUT2D eigenvalue weighted by Gasteiger charge is -2.15. The van der Waals surface area contributed by atoms with Crippen molar-refractivity contribution in [2.45, 2.75) is 18.1 Å². The van der Waals surface area contributed by atoms with Crippen molar-refractivity contribution < 1.29 is 4.79 Å². The number of amides is 1. The van der Waals surface area contributed by atoms with Gasteiger partial charge in [0.15, 0.2) is 5.16 Å². The van der Waals surface area contributed by atoms with Gasteiger partial charge in [-0.15, -0.1) is 0 Å². The van der Waals surface area contributed by atoms with Crippen LogP contribution in [0.2, 0.25) is 5.02 Å². The van der Waals surface area contributed by atoms with E-state index in [1.54, 1.807) is 0 Å². The van der Waals surface area contributed by atoms with E-state index in [1.807, 2.05) is 55.5 Å². The second kappa shape index (κ2) is 7.06.